The monoisotopic (exact) mass is 397 g/mol. The maximum atomic E-state index is 12.6. The van der Waals surface area contributed by atoms with Crippen molar-refractivity contribution < 1.29 is 4.79 Å². The summed E-state index contributed by atoms with van der Waals surface area (Å²) in [6.45, 7) is 6.79. The number of rotatable bonds is 3. The Bertz CT molecular complexity index is 1060. The molecule has 146 valence electrons. The number of carbonyl (C=O) groups excluding carboxylic acids is 1. The molecule has 4 rings (SSSR count). The number of carbonyl (C=O) groups is 1. The summed E-state index contributed by atoms with van der Waals surface area (Å²) in [5, 5.41) is 3.63. The molecule has 0 unspecified atom stereocenters. The Morgan fingerprint density at radius 2 is 2.11 bits per heavy atom. The topological polar surface area (TPSA) is 92.7 Å². The maximum Gasteiger partial charge on any atom is 0.254 e. The van der Waals surface area contributed by atoms with Crippen molar-refractivity contribution in [3.05, 3.63) is 52.2 Å². The van der Waals surface area contributed by atoms with E-state index in [0.717, 1.165) is 16.7 Å². The van der Waals surface area contributed by atoms with Gasteiger partial charge in [-0.2, -0.15) is 0 Å². The minimum atomic E-state index is -0.276. The molecule has 28 heavy (non-hydrogen) atoms. The molecule has 1 aliphatic rings. The molecule has 3 heterocycles. The van der Waals surface area contributed by atoms with E-state index >= 15 is 0 Å². The Morgan fingerprint density at radius 1 is 1.32 bits per heavy atom. The number of amides is 1. The van der Waals surface area contributed by atoms with Crippen LogP contribution in [0.5, 0.6) is 0 Å². The number of imidazole rings is 1. The van der Waals surface area contributed by atoms with Crippen LogP contribution in [0.1, 0.15) is 32.3 Å². The number of benzene rings is 1. The number of nitrogens with one attached hydrogen (secondary N) is 2. The Labute approximate surface area is 167 Å². The van der Waals surface area contributed by atoms with E-state index in [0.29, 0.717) is 29.8 Å². The normalized spacial score (nSPS) is 16.8. The summed E-state index contributed by atoms with van der Waals surface area (Å²) in [5.74, 6) is 0.964. The number of aromatic nitrogens is 4. The summed E-state index contributed by atoms with van der Waals surface area (Å²) < 4.78 is 1.61. The first-order valence-electron chi connectivity index (χ1n) is 9.28. The standard InChI is InChI=1S/C20H23N5O2S/c1-20(2,3)15-8-17(26)25-10-12(11-28-19(25)24-15)18(27)21-9-16-22-13-6-4-5-7-14(13)23-16/h4-8,12H,9-11H2,1-3H3,(H,21,27)(H,22,23)/t12-/m1/s1. The predicted octanol–water partition coefficient (Wildman–Crippen LogP) is 2.46. The van der Waals surface area contributed by atoms with Crippen LogP contribution in [0.2, 0.25) is 0 Å². The van der Waals surface area contributed by atoms with Crippen molar-refractivity contribution in [3.8, 4) is 0 Å². The minimum absolute atomic E-state index is 0.0783. The molecule has 2 N–H and O–H groups in total. The second-order valence-electron chi connectivity index (χ2n) is 8.05. The van der Waals surface area contributed by atoms with Crippen LogP contribution in [0.4, 0.5) is 0 Å². The van der Waals surface area contributed by atoms with Gasteiger partial charge in [-0.3, -0.25) is 14.2 Å². The van der Waals surface area contributed by atoms with Crippen molar-refractivity contribution in [2.24, 2.45) is 5.92 Å². The molecule has 7 nitrogen and oxygen atoms in total. The molecule has 1 amide bonds. The van der Waals surface area contributed by atoms with Crippen LogP contribution in [-0.2, 0) is 23.3 Å². The lowest BCUT2D eigenvalue weighted by atomic mass is 9.92. The average Bonchev–Trinajstić information content (AvgIpc) is 3.08. The Morgan fingerprint density at radius 3 is 2.86 bits per heavy atom. The van der Waals surface area contributed by atoms with Gasteiger partial charge in [-0.25, -0.2) is 9.97 Å². The van der Waals surface area contributed by atoms with E-state index in [-0.39, 0.29) is 22.8 Å². The van der Waals surface area contributed by atoms with E-state index < -0.39 is 0 Å². The van der Waals surface area contributed by atoms with Gasteiger partial charge in [-0.15, -0.1) is 0 Å². The van der Waals surface area contributed by atoms with E-state index in [4.69, 9.17) is 0 Å². The van der Waals surface area contributed by atoms with Crippen LogP contribution < -0.4 is 10.9 Å². The lowest BCUT2D eigenvalue weighted by Crippen LogP contribution is -2.40. The highest BCUT2D eigenvalue weighted by Gasteiger charge is 2.28. The fourth-order valence-corrected chi connectivity index (χ4v) is 4.25. The van der Waals surface area contributed by atoms with Gasteiger partial charge in [-0.1, -0.05) is 44.7 Å². The molecule has 0 aliphatic carbocycles. The molecule has 1 atom stereocenters. The van der Waals surface area contributed by atoms with Gasteiger partial charge in [0, 0.05) is 23.8 Å². The fraction of sp³-hybridized carbons (Fsp3) is 0.400. The number of aromatic amines is 1. The Balaban J connectivity index is 1.45. The van der Waals surface area contributed by atoms with Gasteiger partial charge in [0.1, 0.15) is 5.82 Å². The summed E-state index contributed by atoms with van der Waals surface area (Å²) in [4.78, 5) is 37.5. The zero-order valence-electron chi connectivity index (χ0n) is 16.2. The van der Waals surface area contributed by atoms with Gasteiger partial charge in [0.25, 0.3) is 5.56 Å². The number of fused-ring (bicyclic) bond motifs is 2. The summed E-state index contributed by atoms with van der Waals surface area (Å²) in [5.41, 5.74) is 2.32. The first-order chi connectivity index (χ1) is 13.3. The molecule has 0 saturated carbocycles. The first kappa shape index (κ1) is 18.7. The van der Waals surface area contributed by atoms with Gasteiger partial charge >= 0.3 is 0 Å². The fourth-order valence-electron chi connectivity index (χ4n) is 3.16. The van der Waals surface area contributed by atoms with Crippen molar-refractivity contribution >= 4 is 28.7 Å². The number of nitrogens with zero attached hydrogens (tertiary/aromatic N) is 3. The average molecular weight is 398 g/mol. The van der Waals surface area contributed by atoms with E-state index in [1.54, 1.807) is 10.6 Å². The third-order valence-electron chi connectivity index (χ3n) is 4.80. The largest absolute Gasteiger partial charge is 0.349 e. The third kappa shape index (κ3) is 3.69. The van der Waals surface area contributed by atoms with Crippen molar-refractivity contribution in [1.29, 1.82) is 0 Å². The van der Waals surface area contributed by atoms with E-state index in [2.05, 4.69) is 20.3 Å². The summed E-state index contributed by atoms with van der Waals surface area (Å²) in [6.07, 6.45) is 0. The van der Waals surface area contributed by atoms with Gasteiger partial charge in [0.2, 0.25) is 5.91 Å². The van der Waals surface area contributed by atoms with E-state index in [1.165, 1.54) is 11.8 Å². The highest BCUT2D eigenvalue weighted by Crippen LogP contribution is 2.28. The molecule has 0 radical (unpaired) electrons. The zero-order valence-corrected chi connectivity index (χ0v) is 17.0. The molecule has 0 saturated heterocycles. The third-order valence-corrected chi connectivity index (χ3v) is 5.94. The van der Waals surface area contributed by atoms with Crippen LogP contribution in [0.25, 0.3) is 11.0 Å². The maximum absolute atomic E-state index is 12.6. The first-order valence-corrected chi connectivity index (χ1v) is 10.3. The number of hydrogen-bond donors (Lipinski definition) is 2. The number of hydrogen-bond acceptors (Lipinski definition) is 5. The molecule has 8 heteroatoms. The molecule has 3 aromatic rings. The molecular formula is C20H23N5O2S. The van der Waals surface area contributed by atoms with Gasteiger partial charge in [-0.05, 0) is 12.1 Å². The van der Waals surface area contributed by atoms with Gasteiger partial charge in [0.05, 0.1) is 29.2 Å². The lowest BCUT2D eigenvalue weighted by Gasteiger charge is -2.26. The smallest absolute Gasteiger partial charge is 0.254 e. The van der Waals surface area contributed by atoms with E-state index in [9.17, 15) is 9.59 Å². The van der Waals surface area contributed by atoms with Crippen molar-refractivity contribution in [3.63, 3.8) is 0 Å². The lowest BCUT2D eigenvalue weighted by molar-refractivity contribution is -0.125. The van der Waals surface area contributed by atoms with Crippen molar-refractivity contribution in [2.45, 2.75) is 44.4 Å². The highest BCUT2D eigenvalue weighted by molar-refractivity contribution is 7.99. The van der Waals surface area contributed by atoms with Gasteiger partial charge in [0.15, 0.2) is 5.16 Å². The molecule has 2 aromatic heterocycles. The SMILES string of the molecule is CC(C)(C)c1cc(=O)n2c(n1)SC[C@H](C(=O)NCc1nc3ccccc3[nH]1)C2. The summed E-state index contributed by atoms with van der Waals surface area (Å²) >= 11 is 1.46. The van der Waals surface area contributed by atoms with Crippen LogP contribution in [0.15, 0.2) is 40.3 Å². The van der Waals surface area contributed by atoms with Crippen molar-refractivity contribution in [2.75, 3.05) is 5.75 Å². The molecule has 0 fully saturated rings. The molecule has 1 aliphatic heterocycles. The molecular weight excluding hydrogens is 374 g/mol. The van der Waals surface area contributed by atoms with E-state index in [1.807, 2.05) is 45.0 Å². The molecule has 1 aromatic carbocycles. The van der Waals surface area contributed by atoms with Crippen LogP contribution in [0, 0.1) is 5.92 Å². The van der Waals surface area contributed by atoms with Gasteiger partial charge < -0.3 is 10.3 Å². The van der Waals surface area contributed by atoms with Crippen LogP contribution in [-0.4, -0.2) is 31.2 Å². The molecule has 0 spiro atoms. The van der Waals surface area contributed by atoms with Crippen molar-refractivity contribution in [1.82, 2.24) is 24.8 Å². The predicted molar refractivity (Wildman–Crippen MR) is 109 cm³/mol. The van der Waals surface area contributed by atoms with Crippen LogP contribution >= 0.6 is 11.8 Å². The Hall–Kier alpha value is -2.61. The van der Waals surface area contributed by atoms with Crippen LogP contribution in [0.3, 0.4) is 0 Å². The zero-order chi connectivity index (χ0) is 19.9. The highest BCUT2D eigenvalue weighted by atomic mass is 32.2. The quantitative estimate of drug-likeness (QED) is 0.662. The summed E-state index contributed by atoms with van der Waals surface area (Å²) in [7, 11) is 0. The molecule has 0 bridgehead atoms. The second kappa shape index (κ2) is 7.09. The number of thioether (sulfide) groups is 1. The number of para-hydroxylation sites is 2. The Kier molecular flexibility index (Phi) is 4.74. The second-order valence-corrected chi connectivity index (χ2v) is 9.04. The number of H-pyrrole nitrogens is 1. The summed E-state index contributed by atoms with van der Waals surface area (Å²) in [6, 6.07) is 9.33. The minimum Gasteiger partial charge on any atom is -0.349 e.